The minimum absolute atomic E-state index is 0.119. The predicted molar refractivity (Wildman–Crippen MR) is 91.8 cm³/mol. The molecule has 2 saturated heterocycles. The van der Waals surface area contributed by atoms with Crippen molar-refractivity contribution in [2.45, 2.75) is 31.1 Å². The summed E-state index contributed by atoms with van der Waals surface area (Å²) in [4.78, 5) is 13.0. The molecular formula is C18H25ClN2O2. The molecule has 0 radical (unpaired) electrons. The van der Waals surface area contributed by atoms with E-state index in [0.717, 1.165) is 31.6 Å². The van der Waals surface area contributed by atoms with Crippen LogP contribution in [0.3, 0.4) is 0 Å². The van der Waals surface area contributed by atoms with Crippen LogP contribution in [0.5, 0.6) is 0 Å². The quantitative estimate of drug-likeness (QED) is 0.868. The second-order valence-electron chi connectivity index (χ2n) is 6.61. The van der Waals surface area contributed by atoms with E-state index < -0.39 is 5.41 Å². The van der Waals surface area contributed by atoms with Crippen LogP contribution in [0.1, 0.15) is 31.2 Å². The number of carbonyl (C=O) groups excluding carboxylic acids is 1. The molecule has 0 bridgehead atoms. The molecule has 0 spiro atoms. The highest BCUT2D eigenvalue weighted by molar-refractivity contribution is 6.30. The van der Waals surface area contributed by atoms with E-state index in [1.165, 1.54) is 6.42 Å². The molecular weight excluding hydrogens is 312 g/mol. The lowest BCUT2D eigenvalue weighted by Gasteiger charge is -2.36. The van der Waals surface area contributed by atoms with Crippen LogP contribution in [-0.2, 0) is 14.9 Å². The van der Waals surface area contributed by atoms with Crippen molar-refractivity contribution in [3.05, 3.63) is 34.9 Å². The molecule has 1 aromatic carbocycles. The molecule has 2 aliphatic rings. The van der Waals surface area contributed by atoms with E-state index in [4.69, 9.17) is 16.3 Å². The Bertz CT molecular complexity index is 538. The third-order valence-electron chi connectivity index (χ3n) is 5.16. The van der Waals surface area contributed by atoms with Crippen molar-refractivity contribution in [3.8, 4) is 0 Å². The molecule has 0 aromatic heterocycles. The van der Waals surface area contributed by atoms with Gasteiger partial charge in [0.15, 0.2) is 0 Å². The Hall–Kier alpha value is -1.10. The standard InChI is InChI=1S/C18H25ClN2O2/c19-16-3-1-2-15(12-16)18(6-10-23-11-7-18)17(22)21-9-5-14-4-8-20-13-14/h1-3,12,14,20H,4-11,13H2,(H,21,22). The van der Waals surface area contributed by atoms with E-state index >= 15 is 0 Å². The van der Waals surface area contributed by atoms with Gasteiger partial charge in [-0.15, -0.1) is 0 Å². The first-order valence-corrected chi connectivity index (χ1v) is 8.91. The van der Waals surface area contributed by atoms with Crippen molar-refractivity contribution in [1.29, 1.82) is 0 Å². The van der Waals surface area contributed by atoms with Crippen molar-refractivity contribution >= 4 is 17.5 Å². The molecule has 5 heteroatoms. The Labute approximate surface area is 142 Å². The van der Waals surface area contributed by atoms with Gasteiger partial charge in [0.2, 0.25) is 5.91 Å². The van der Waals surface area contributed by atoms with Gasteiger partial charge >= 0.3 is 0 Å². The summed E-state index contributed by atoms with van der Waals surface area (Å²) in [5, 5.41) is 7.22. The largest absolute Gasteiger partial charge is 0.381 e. The Morgan fingerprint density at radius 2 is 2.22 bits per heavy atom. The van der Waals surface area contributed by atoms with Crippen LogP contribution in [0.4, 0.5) is 0 Å². The summed E-state index contributed by atoms with van der Waals surface area (Å²) in [6.45, 7) is 4.15. The summed E-state index contributed by atoms with van der Waals surface area (Å²) in [6.07, 6.45) is 3.68. The molecule has 1 amide bonds. The molecule has 0 saturated carbocycles. The smallest absolute Gasteiger partial charge is 0.230 e. The van der Waals surface area contributed by atoms with Crippen molar-refractivity contribution in [2.24, 2.45) is 5.92 Å². The SMILES string of the molecule is O=C(NCCC1CCNC1)C1(c2cccc(Cl)c2)CCOCC1. The van der Waals surface area contributed by atoms with E-state index in [-0.39, 0.29) is 5.91 Å². The third kappa shape index (κ3) is 3.87. The van der Waals surface area contributed by atoms with Gasteiger partial charge in [-0.2, -0.15) is 0 Å². The Morgan fingerprint density at radius 1 is 1.39 bits per heavy atom. The number of carbonyl (C=O) groups is 1. The second-order valence-corrected chi connectivity index (χ2v) is 7.04. The summed E-state index contributed by atoms with van der Waals surface area (Å²) in [5.74, 6) is 0.807. The molecule has 4 nitrogen and oxygen atoms in total. The summed E-state index contributed by atoms with van der Waals surface area (Å²) >= 11 is 6.15. The maximum atomic E-state index is 13.0. The summed E-state index contributed by atoms with van der Waals surface area (Å²) in [6, 6.07) is 7.71. The first kappa shape index (κ1) is 16.7. The molecule has 1 aromatic rings. The molecule has 23 heavy (non-hydrogen) atoms. The van der Waals surface area contributed by atoms with Gasteiger partial charge in [-0.25, -0.2) is 0 Å². The molecule has 2 aliphatic heterocycles. The molecule has 126 valence electrons. The Balaban J connectivity index is 1.68. The van der Waals surface area contributed by atoms with Crippen molar-refractivity contribution < 1.29 is 9.53 Å². The minimum atomic E-state index is -0.503. The zero-order valence-electron chi connectivity index (χ0n) is 13.4. The fraction of sp³-hybridized carbons (Fsp3) is 0.611. The molecule has 1 unspecified atom stereocenters. The first-order valence-electron chi connectivity index (χ1n) is 8.53. The van der Waals surface area contributed by atoms with Crippen LogP contribution in [-0.4, -0.2) is 38.8 Å². The van der Waals surface area contributed by atoms with Crippen molar-refractivity contribution in [1.82, 2.24) is 10.6 Å². The highest BCUT2D eigenvalue weighted by Crippen LogP contribution is 2.36. The van der Waals surface area contributed by atoms with Gasteiger partial charge in [-0.1, -0.05) is 23.7 Å². The monoisotopic (exact) mass is 336 g/mol. The lowest BCUT2D eigenvalue weighted by molar-refractivity contribution is -0.130. The fourth-order valence-electron chi connectivity index (χ4n) is 3.67. The number of rotatable bonds is 5. The number of benzene rings is 1. The van der Waals surface area contributed by atoms with Crippen molar-refractivity contribution in [2.75, 3.05) is 32.8 Å². The van der Waals surface area contributed by atoms with Crippen molar-refractivity contribution in [3.63, 3.8) is 0 Å². The number of hydrogen-bond acceptors (Lipinski definition) is 3. The summed E-state index contributed by atoms with van der Waals surface area (Å²) < 4.78 is 5.49. The molecule has 2 N–H and O–H groups in total. The van der Waals surface area contributed by atoms with E-state index in [2.05, 4.69) is 10.6 Å². The normalized spacial score (nSPS) is 23.6. The fourth-order valence-corrected chi connectivity index (χ4v) is 3.86. The maximum absolute atomic E-state index is 13.0. The number of hydrogen-bond donors (Lipinski definition) is 2. The highest BCUT2D eigenvalue weighted by atomic mass is 35.5. The number of halogens is 1. The zero-order chi connectivity index (χ0) is 16.1. The molecule has 3 rings (SSSR count). The zero-order valence-corrected chi connectivity index (χ0v) is 14.2. The molecule has 2 heterocycles. The van der Waals surface area contributed by atoms with E-state index in [1.807, 2.05) is 24.3 Å². The van der Waals surface area contributed by atoms with Gasteiger partial charge < -0.3 is 15.4 Å². The van der Waals surface area contributed by atoms with Crippen LogP contribution >= 0.6 is 11.6 Å². The maximum Gasteiger partial charge on any atom is 0.230 e. The second kappa shape index (κ2) is 7.65. The van der Waals surface area contributed by atoms with E-state index in [1.54, 1.807) is 0 Å². The average molecular weight is 337 g/mol. The summed E-state index contributed by atoms with van der Waals surface area (Å²) in [7, 11) is 0. The highest BCUT2D eigenvalue weighted by Gasteiger charge is 2.41. The number of ether oxygens (including phenoxy) is 1. The number of nitrogens with one attached hydrogen (secondary N) is 2. The van der Waals surface area contributed by atoms with Crippen LogP contribution in [0.25, 0.3) is 0 Å². The minimum Gasteiger partial charge on any atom is -0.381 e. The number of amides is 1. The van der Waals surface area contributed by atoms with Gasteiger partial charge in [0.25, 0.3) is 0 Å². The Morgan fingerprint density at radius 3 is 2.91 bits per heavy atom. The van der Waals surface area contributed by atoms with Gasteiger partial charge in [0.1, 0.15) is 0 Å². The Kier molecular flexibility index (Phi) is 5.57. The van der Waals surface area contributed by atoms with Gasteiger partial charge in [0.05, 0.1) is 5.41 Å². The topological polar surface area (TPSA) is 50.4 Å². The van der Waals surface area contributed by atoms with E-state index in [9.17, 15) is 4.79 Å². The van der Waals surface area contributed by atoms with Crippen LogP contribution in [0.2, 0.25) is 5.02 Å². The third-order valence-corrected chi connectivity index (χ3v) is 5.39. The lowest BCUT2D eigenvalue weighted by Crippen LogP contribution is -2.48. The van der Waals surface area contributed by atoms with Gasteiger partial charge in [-0.3, -0.25) is 4.79 Å². The summed E-state index contributed by atoms with van der Waals surface area (Å²) in [5.41, 5.74) is 0.505. The van der Waals surface area contributed by atoms with Crippen LogP contribution in [0, 0.1) is 5.92 Å². The molecule has 1 atom stereocenters. The van der Waals surface area contributed by atoms with E-state index in [0.29, 0.717) is 37.0 Å². The van der Waals surface area contributed by atoms with Crippen LogP contribution in [0.15, 0.2) is 24.3 Å². The molecule has 0 aliphatic carbocycles. The predicted octanol–water partition coefficient (Wildman–Crippen LogP) is 2.50. The van der Waals surface area contributed by atoms with Crippen LogP contribution < -0.4 is 10.6 Å². The van der Waals surface area contributed by atoms with Gasteiger partial charge in [0, 0.05) is 24.8 Å². The first-order chi connectivity index (χ1) is 11.2. The average Bonchev–Trinajstić information content (AvgIpc) is 3.09. The van der Waals surface area contributed by atoms with Gasteiger partial charge in [-0.05, 0) is 62.4 Å². The molecule has 2 fully saturated rings. The lowest BCUT2D eigenvalue weighted by atomic mass is 9.73.